The van der Waals surface area contributed by atoms with Crippen LogP contribution in [0.1, 0.15) is 10.5 Å². The van der Waals surface area contributed by atoms with Crippen molar-refractivity contribution in [3.8, 4) is 5.75 Å². The van der Waals surface area contributed by atoms with Gasteiger partial charge < -0.3 is 9.64 Å². The minimum absolute atomic E-state index is 0.194. The zero-order chi connectivity index (χ0) is 14.4. The van der Waals surface area contributed by atoms with Crippen LogP contribution in [0.5, 0.6) is 5.75 Å². The molecule has 0 saturated heterocycles. The Kier molecular flexibility index (Phi) is 4.90. The topological polar surface area (TPSA) is 55.3 Å². The zero-order valence-corrected chi connectivity index (χ0v) is 11.7. The Morgan fingerprint density at radius 1 is 1.35 bits per heavy atom. The van der Waals surface area contributed by atoms with Crippen molar-refractivity contribution in [2.75, 3.05) is 20.2 Å². The van der Waals surface area contributed by atoms with Gasteiger partial charge in [0.05, 0.1) is 17.8 Å². The standard InChI is InChI=1S/C14H14ClN3O2/c1-18(14(19)12-10-16-6-7-17-12)8-9-20-13-5-3-2-4-11(13)15/h2-7,10H,8-9H2,1H3. The number of ether oxygens (including phenoxy) is 1. The molecule has 1 amide bonds. The number of nitrogens with zero attached hydrogens (tertiary/aromatic N) is 3. The highest BCUT2D eigenvalue weighted by Crippen LogP contribution is 2.22. The third-order valence-corrected chi connectivity index (χ3v) is 2.96. The summed E-state index contributed by atoms with van der Waals surface area (Å²) in [5.74, 6) is 0.412. The first-order valence-electron chi connectivity index (χ1n) is 6.07. The molecule has 0 bridgehead atoms. The van der Waals surface area contributed by atoms with E-state index in [9.17, 15) is 4.79 Å². The van der Waals surface area contributed by atoms with Gasteiger partial charge in [-0.2, -0.15) is 0 Å². The second-order valence-electron chi connectivity index (χ2n) is 4.10. The summed E-state index contributed by atoms with van der Waals surface area (Å²) in [6.07, 6.45) is 4.45. The summed E-state index contributed by atoms with van der Waals surface area (Å²) in [7, 11) is 1.69. The lowest BCUT2D eigenvalue weighted by molar-refractivity contribution is 0.0767. The van der Waals surface area contributed by atoms with Crippen molar-refractivity contribution in [1.29, 1.82) is 0 Å². The summed E-state index contributed by atoms with van der Waals surface area (Å²) in [5.41, 5.74) is 0.313. The van der Waals surface area contributed by atoms with Crippen LogP contribution < -0.4 is 4.74 Å². The molecule has 0 saturated carbocycles. The van der Waals surface area contributed by atoms with Crippen molar-refractivity contribution < 1.29 is 9.53 Å². The van der Waals surface area contributed by atoms with Crippen LogP contribution >= 0.6 is 11.6 Å². The average Bonchev–Trinajstić information content (AvgIpc) is 2.49. The molecule has 0 aliphatic heterocycles. The van der Waals surface area contributed by atoms with Crippen LogP contribution in [0, 0.1) is 0 Å². The summed E-state index contributed by atoms with van der Waals surface area (Å²) in [6.45, 7) is 0.785. The molecule has 0 radical (unpaired) electrons. The molecular weight excluding hydrogens is 278 g/mol. The maximum atomic E-state index is 12.0. The molecule has 1 aromatic carbocycles. The molecule has 6 heteroatoms. The Bertz CT molecular complexity index is 578. The number of benzene rings is 1. The zero-order valence-electron chi connectivity index (χ0n) is 11.0. The molecular formula is C14H14ClN3O2. The number of aromatic nitrogens is 2. The Morgan fingerprint density at radius 2 is 2.15 bits per heavy atom. The molecule has 0 unspecified atom stereocenters. The van der Waals surface area contributed by atoms with Gasteiger partial charge in [0, 0.05) is 19.4 Å². The van der Waals surface area contributed by atoms with Gasteiger partial charge in [-0.15, -0.1) is 0 Å². The highest BCUT2D eigenvalue weighted by atomic mass is 35.5. The predicted octanol–water partition coefficient (Wildman–Crippen LogP) is 2.28. The number of carbonyl (C=O) groups is 1. The van der Waals surface area contributed by atoms with E-state index in [1.54, 1.807) is 19.2 Å². The quantitative estimate of drug-likeness (QED) is 0.848. The second kappa shape index (κ2) is 6.86. The van der Waals surface area contributed by atoms with Crippen molar-refractivity contribution in [2.45, 2.75) is 0 Å². The van der Waals surface area contributed by atoms with Gasteiger partial charge in [0.1, 0.15) is 18.1 Å². The fourth-order valence-corrected chi connectivity index (χ4v) is 1.75. The summed E-state index contributed by atoms with van der Waals surface area (Å²) in [6, 6.07) is 7.21. The second-order valence-corrected chi connectivity index (χ2v) is 4.50. The van der Waals surface area contributed by atoms with Crippen LogP contribution in [-0.2, 0) is 0 Å². The Balaban J connectivity index is 1.85. The number of rotatable bonds is 5. The smallest absolute Gasteiger partial charge is 0.273 e. The van der Waals surface area contributed by atoms with E-state index in [4.69, 9.17) is 16.3 Å². The van der Waals surface area contributed by atoms with Crippen LogP contribution in [0.15, 0.2) is 42.9 Å². The summed E-state index contributed by atoms with van der Waals surface area (Å²) in [4.78, 5) is 21.4. The van der Waals surface area contributed by atoms with Crippen LogP contribution in [-0.4, -0.2) is 41.0 Å². The van der Waals surface area contributed by atoms with E-state index in [2.05, 4.69) is 9.97 Å². The van der Waals surface area contributed by atoms with Gasteiger partial charge in [-0.05, 0) is 12.1 Å². The molecule has 0 aliphatic carbocycles. The molecule has 104 valence electrons. The number of hydrogen-bond donors (Lipinski definition) is 0. The maximum absolute atomic E-state index is 12.0. The molecule has 1 aromatic heterocycles. The third kappa shape index (κ3) is 3.68. The van der Waals surface area contributed by atoms with Crippen LogP contribution in [0.4, 0.5) is 0 Å². The first kappa shape index (κ1) is 14.3. The van der Waals surface area contributed by atoms with Gasteiger partial charge in [-0.1, -0.05) is 23.7 Å². The molecule has 5 nitrogen and oxygen atoms in total. The number of carbonyl (C=O) groups excluding carboxylic acids is 1. The van der Waals surface area contributed by atoms with Crippen molar-refractivity contribution in [3.05, 3.63) is 53.6 Å². The van der Waals surface area contributed by atoms with Gasteiger partial charge in [-0.3, -0.25) is 9.78 Å². The maximum Gasteiger partial charge on any atom is 0.273 e. The molecule has 1 heterocycles. The summed E-state index contributed by atoms with van der Waals surface area (Å²) >= 11 is 5.97. The molecule has 20 heavy (non-hydrogen) atoms. The number of halogens is 1. The Morgan fingerprint density at radius 3 is 2.85 bits per heavy atom. The molecule has 0 spiro atoms. The van der Waals surface area contributed by atoms with Gasteiger partial charge in [0.25, 0.3) is 5.91 Å². The highest BCUT2D eigenvalue weighted by Gasteiger charge is 2.12. The normalized spacial score (nSPS) is 10.1. The van der Waals surface area contributed by atoms with Gasteiger partial charge in [0.15, 0.2) is 0 Å². The first-order valence-corrected chi connectivity index (χ1v) is 6.45. The fraction of sp³-hybridized carbons (Fsp3) is 0.214. The predicted molar refractivity (Wildman–Crippen MR) is 75.9 cm³/mol. The summed E-state index contributed by atoms with van der Waals surface area (Å²) < 4.78 is 5.53. The van der Waals surface area contributed by atoms with Crippen LogP contribution in [0.3, 0.4) is 0 Å². The molecule has 2 rings (SSSR count). The molecule has 0 fully saturated rings. The van der Waals surface area contributed by atoms with Gasteiger partial charge in [-0.25, -0.2) is 4.98 Å². The van der Waals surface area contributed by atoms with E-state index < -0.39 is 0 Å². The van der Waals surface area contributed by atoms with Gasteiger partial charge in [0.2, 0.25) is 0 Å². The SMILES string of the molecule is CN(CCOc1ccccc1Cl)C(=O)c1cnccn1. The number of amides is 1. The average molecular weight is 292 g/mol. The van der Waals surface area contributed by atoms with Gasteiger partial charge >= 0.3 is 0 Å². The monoisotopic (exact) mass is 291 g/mol. The van der Waals surface area contributed by atoms with Crippen LogP contribution in [0.2, 0.25) is 5.02 Å². The highest BCUT2D eigenvalue weighted by molar-refractivity contribution is 6.32. The lowest BCUT2D eigenvalue weighted by atomic mass is 10.3. The van der Waals surface area contributed by atoms with Crippen molar-refractivity contribution in [1.82, 2.24) is 14.9 Å². The van der Waals surface area contributed by atoms with E-state index in [1.165, 1.54) is 23.5 Å². The largest absolute Gasteiger partial charge is 0.490 e. The van der Waals surface area contributed by atoms with E-state index in [-0.39, 0.29) is 5.91 Å². The number of hydrogen-bond acceptors (Lipinski definition) is 4. The number of likely N-dealkylation sites (N-methyl/N-ethyl adjacent to an activating group) is 1. The lowest BCUT2D eigenvalue weighted by Crippen LogP contribution is -2.31. The lowest BCUT2D eigenvalue weighted by Gasteiger charge is -2.17. The molecule has 0 N–H and O–H groups in total. The number of para-hydroxylation sites is 1. The first-order chi connectivity index (χ1) is 9.68. The minimum atomic E-state index is -0.194. The van der Waals surface area contributed by atoms with E-state index in [1.807, 2.05) is 12.1 Å². The fourth-order valence-electron chi connectivity index (χ4n) is 1.56. The minimum Gasteiger partial charge on any atom is -0.490 e. The van der Waals surface area contributed by atoms with Crippen molar-refractivity contribution >= 4 is 17.5 Å². The van der Waals surface area contributed by atoms with E-state index in [0.29, 0.717) is 29.6 Å². The van der Waals surface area contributed by atoms with E-state index in [0.717, 1.165) is 0 Å². The van der Waals surface area contributed by atoms with Crippen molar-refractivity contribution in [3.63, 3.8) is 0 Å². The third-order valence-electron chi connectivity index (χ3n) is 2.65. The Labute approximate surface area is 122 Å². The van der Waals surface area contributed by atoms with E-state index >= 15 is 0 Å². The van der Waals surface area contributed by atoms with Crippen LogP contribution in [0.25, 0.3) is 0 Å². The molecule has 0 aliphatic rings. The van der Waals surface area contributed by atoms with Crippen molar-refractivity contribution in [2.24, 2.45) is 0 Å². The molecule has 2 aromatic rings. The Hall–Kier alpha value is -2.14. The molecule has 0 atom stereocenters. The summed E-state index contributed by atoms with van der Waals surface area (Å²) in [5, 5.41) is 0.551.